The van der Waals surface area contributed by atoms with Crippen molar-refractivity contribution in [3.8, 4) is 0 Å². The molecule has 1 heterocycles. The van der Waals surface area contributed by atoms with Crippen molar-refractivity contribution in [2.24, 2.45) is 5.92 Å². The highest BCUT2D eigenvalue weighted by Crippen LogP contribution is 2.31. The summed E-state index contributed by atoms with van der Waals surface area (Å²) in [5.41, 5.74) is 0.742. The van der Waals surface area contributed by atoms with Crippen molar-refractivity contribution in [2.75, 3.05) is 6.54 Å². The van der Waals surface area contributed by atoms with E-state index in [1.54, 1.807) is 0 Å². The maximum atomic E-state index is 13.2. The zero-order valence-corrected chi connectivity index (χ0v) is 10.4. The lowest BCUT2D eigenvalue weighted by Gasteiger charge is -2.34. The molecule has 1 nitrogen and oxygen atoms in total. The molecule has 1 unspecified atom stereocenters. The molecule has 1 aromatic carbocycles. The number of halogens is 2. The Labute approximate surface area is 101 Å². The third kappa shape index (κ3) is 2.65. The van der Waals surface area contributed by atoms with Gasteiger partial charge in [0.15, 0.2) is 0 Å². The van der Waals surface area contributed by atoms with E-state index < -0.39 is 11.6 Å². The lowest BCUT2D eigenvalue weighted by atomic mass is 9.80. The van der Waals surface area contributed by atoms with Crippen LogP contribution in [0.1, 0.15) is 32.3 Å². The molecule has 0 bridgehead atoms. The summed E-state index contributed by atoms with van der Waals surface area (Å²) < 4.78 is 26.3. The molecule has 1 fully saturated rings. The normalized spacial score (nSPS) is 24.5. The minimum absolute atomic E-state index is 0.000231. The van der Waals surface area contributed by atoms with Crippen molar-refractivity contribution in [1.29, 1.82) is 0 Å². The molecule has 94 valence electrons. The SMILES string of the molecule is CC(C)C1(Cc2cc(F)cc(F)c2)CCCN1. The first-order valence-corrected chi connectivity index (χ1v) is 6.22. The molecule has 1 aliphatic rings. The third-order valence-electron chi connectivity index (χ3n) is 3.82. The summed E-state index contributed by atoms with van der Waals surface area (Å²) in [6, 6.07) is 3.80. The lowest BCUT2D eigenvalue weighted by molar-refractivity contribution is 0.269. The molecule has 3 heteroatoms. The second-order valence-electron chi connectivity index (χ2n) is 5.30. The van der Waals surface area contributed by atoms with E-state index in [4.69, 9.17) is 0 Å². The fourth-order valence-electron chi connectivity index (χ4n) is 2.75. The van der Waals surface area contributed by atoms with Gasteiger partial charge in [0, 0.05) is 11.6 Å². The summed E-state index contributed by atoms with van der Waals surface area (Å²) in [7, 11) is 0. The van der Waals surface area contributed by atoms with Gasteiger partial charge in [-0.05, 0) is 49.4 Å². The lowest BCUT2D eigenvalue weighted by Crippen LogP contribution is -2.46. The van der Waals surface area contributed by atoms with Crippen LogP contribution in [0.4, 0.5) is 8.78 Å². The Hall–Kier alpha value is -0.960. The Kier molecular flexibility index (Phi) is 3.48. The van der Waals surface area contributed by atoms with Gasteiger partial charge < -0.3 is 5.32 Å². The highest BCUT2D eigenvalue weighted by Gasteiger charge is 2.36. The highest BCUT2D eigenvalue weighted by molar-refractivity contribution is 5.21. The summed E-state index contributed by atoms with van der Waals surface area (Å²) in [6.45, 7) is 5.32. The standard InChI is InChI=1S/C14H19F2N/c1-10(2)14(4-3-5-17-14)9-11-6-12(15)8-13(16)7-11/h6-8,10,17H,3-5,9H2,1-2H3. The van der Waals surface area contributed by atoms with Crippen LogP contribution in [-0.2, 0) is 6.42 Å². The van der Waals surface area contributed by atoms with Crippen molar-refractivity contribution in [2.45, 2.75) is 38.6 Å². The summed E-state index contributed by atoms with van der Waals surface area (Å²) in [4.78, 5) is 0. The largest absolute Gasteiger partial charge is 0.311 e. The number of benzene rings is 1. The minimum atomic E-state index is -0.489. The third-order valence-corrected chi connectivity index (χ3v) is 3.82. The summed E-state index contributed by atoms with van der Waals surface area (Å²) in [5, 5.41) is 3.51. The van der Waals surface area contributed by atoms with E-state index >= 15 is 0 Å². The monoisotopic (exact) mass is 239 g/mol. The average molecular weight is 239 g/mol. The average Bonchev–Trinajstić information content (AvgIpc) is 2.65. The van der Waals surface area contributed by atoms with Crippen LogP contribution in [0.5, 0.6) is 0 Å². The molecule has 0 aromatic heterocycles. The van der Waals surface area contributed by atoms with Gasteiger partial charge in [-0.1, -0.05) is 13.8 Å². The van der Waals surface area contributed by atoms with Crippen molar-refractivity contribution in [1.82, 2.24) is 5.32 Å². The molecule has 17 heavy (non-hydrogen) atoms. The number of hydrogen-bond donors (Lipinski definition) is 1. The van der Waals surface area contributed by atoms with Gasteiger partial charge in [-0.2, -0.15) is 0 Å². The van der Waals surface area contributed by atoms with E-state index in [1.165, 1.54) is 12.1 Å². The van der Waals surface area contributed by atoms with E-state index in [0.29, 0.717) is 12.3 Å². The molecular weight excluding hydrogens is 220 g/mol. The van der Waals surface area contributed by atoms with E-state index in [2.05, 4.69) is 19.2 Å². The van der Waals surface area contributed by atoms with Gasteiger partial charge in [-0.3, -0.25) is 0 Å². The molecule has 1 atom stereocenters. The summed E-state index contributed by atoms with van der Waals surface area (Å²) in [6.07, 6.45) is 2.90. The van der Waals surface area contributed by atoms with Crippen LogP contribution in [0.25, 0.3) is 0 Å². The van der Waals surface area contributed by atoms with Crippen molar-refractivity contribution < 1.29 is 8.78 Å². The van der Waals surface area contributed by atoms with Gasteiger partial charge in [0.05, 0.1) is 0 Å². The molecule has 1 aliphatic heterocycles. The van der Waals surface area contributed by atoms with Gasteiger partial charge >= 0.3 is 0 Å². The van der Waals surface area contributed by atoms with Crippen LogP contribution in [0.2, 0.25) is 0 Å². The van der Waals surface area contributed by atoms with Crippen LogP contribution in [-0.4, -0.2) is 12.1 Å². The molecule has 0 aliphatic carbocycles. The van der Waals surface area contributed by atoms with Crippen LogP contribution >= 0.6 is 0 Å². The van der Waals surface area contributed by atoms with Crippen LogP contribution in [0, 0.1) is 17.6 Å². The molecule has 0 amide bonds. The van der Waals surface area contributed by atoms with Gasteiger partial charge in [0.2, 0.25) is 0 Å². The number of nitrogens with one attached hydrogen (secondary N) is 1. The van der Waals surface area contributed by atoms with Gasteiger partial charge in [0.1, 0.15) is 11.6 Å². The Morgan fingerprint density at radius 3 is 2.35 bits per heavy atom. The highest BCUT2D eigenvalue weighted by atomic mass is 19.1. The zero-order valence-electron chi connectivity index (χ0n) is 10.4. The first kappa shape index (κ1) is 12.5. The maximum absolute atomic E-state index is 13.2. The molecule has 1 aromatic rings. The molecule has 1 N–H and O–H groups in total. The predicted octanol–water partition coefficient (Wildman–Crippen LogP) is 3.29. The van der Waals surface area contributed by atoms with Gasteiger partial charge in [-0.25, -0.2) is 8.78 Å². The summed E-state index contributed by atoms with van der Waals surface area (Å²) >= 11 is 0. The van der Waals surface area contributed by atoms with E-state index in [0.717, 1.165) is 31.0 Å². The summed E-state index contributed by atoms with van der Waals surface area (Å²) in [5.74, 6) is -0.523. The molecule has 0 radical (unpaired) electrons. The first-order chi connectivity index (χ1) is 8.02. The topological polar surface area (TPSA) is 12.0 Å². The Balaban J connectivity index is 2.23. The minimum Gasteiger partial charge on any atom is -0.311 e. The molecule has 0 spiro atoms. The molecule has 0 saturated carbocycles. The second kappa shape index (κ2) is 4.73. The Morgan fingerprint density at radius 2 is 1.88 bits per heavy atom. The van der Waals surface area contributed by atoms with E-state index in [-0.39, 0.29) is 5.54 Å². The van der Waals surface area contributed by atoms with E-state index in [1.807, 2.05) is 0 Å². The number of hydrogen-bond acceptors (Lipinski definition) is 1. The maximum Gasteiger partial charge on any atom is 0.126 e. The van der Waals surface area contributed by atoms with Crippen molar-refractivity contribution >= 4 is 0 Å². The zero-order chi connectivity index (χ0) is 12.5. The fraction of sp³-hybridized carbons (Fsp3) is 0.571. The molecule has 2 rings (SSSR count). The van der Waals surface area contributed by atoms with Gasteiger partial charge in [0.25, 0.3) is 0 Å². The molecule has 1 saturated heterocycles. The Morgan fingerprint density at radius 1 is 1.24 bits per heavy atom. The number of rotatable bonds is 3. The molecular formula is C14H19F2N. The smallest absolute Gasteiger partial charge is 0.126 e. The van der Waals surface area contributed by atoms with Crippen LogP contribution in [0.15, 0.2) is 18.2 Å². The van der Waals surface area contributed by atoms with Crippen LogP contribution in [0.3, 0.4) is 0 Å². The second-order valence-corrected chi connectivity index (χ2v) is 5.30. The fourth-order valence-corrected chi connectivity index (χ4v) is 2.75. The van der Waals surface area contributed by atoms with Crippen LogP contribution < -0.4 is 5.32 Å². The van der Waals surface area contributed by atoms with E-state index in [9.17, 15) is 8.78 Å². The Bertz CT molecular complexity index is 375. The van der Waals surface area contributed by atoms with Crippen molar-refractivity contribution in [3.63, 3.8) is 0 Å². The quantitative estimate of drug-likeness (QED) is 0.853. The first-order valence-electron chi connectivity index (χ1n) is 6.22. The predicted molar refractivity (Wildman–Crippen MR) is 64.9 cm³/mol. The van der Waals surface area contributed by atoms with Gasteiger partial charge in [-0.15, -0.1) is 0 Å². The van der Waals surface area contributed by atoms with Crippen molar-refractivity contribution in [3.05, 3.63) is 35.4 Å².